The maximum atomic E-state index is 12.0. The lowest BCUT2D eigenvalue weighted by molar-refractivity contribution is -0.119. The summed E-state index contributed by atoms with van der Waals surface area (Å²) in [6.07, 6.45) is 2.47. The third-order valence-corrected chi connectivity index (χ3v) is 3.48. The van der Waals surface area contributed by atoms with Gasteiger partial charge in [0.05, 0.1) is 7.11 Å². The molecule has 0 aromatic heterocycles. The molecule has 0 bridgehead atoms. The molecule has 0 heterocycles. The van der Waals surface area contributed by atoms with Crippen molar-refractivity contribution in [3.63, 3.8) is 0 Å². The maximum Gasteiger partial charge on any atom is 0.133 e. The first-order valence-electron chi connectivity index (χ1n) is 7.10. The normalized spacial score (nSPS) is 10.3. The highest BCUT2D eigenvalue weighted by Crippen LogP contribution is 2.25. The van der Waals surface area contributed by atoms with Crippen molar-refractivity contribution in [2.45, 2.75) is 25.7 Å². The Kier molecular flexibility index (Phi) is 5.38. The van der Waals surface area contributed by atoms with Crippen LogP contribution in [0, 0.1) is 0 Å². The van der Waals surface area contributed by atoms with E-state index in [0.29, 0.717) is 25.0 Å². The topological polar surface area (TPSA) is 46.5 Å². The van der Waals surface area contributed by atoms with Crippen LogP contribution in [0.2, 0.25) is 0 Å². The quantitative estimate of drug-likeness (QED) is 0.846. The Bertz CT molecular complexity index is 591. The fourth-order valence-corrected chi connectivity index (χ4v) is 2.27. The first-order chi connectivity index (χ1) is 10.2. The van der Waals surface area contributed by atoms with Crippen molar-refractivity contribution < 1.29 is 14.6 Å². The Hall–Kier alpha value is -2.29. The fraction of sp³-hybridized carbons (Fsp3) is 0.278. The first kappa shape index (κ1) is 15.1. The molecule has 21 heavy (non-hydrogen) atoms. The van der Waals surface area contributed by atoms with E-state index in [1.165, 1.54) is 5.56 Å². The number of hydrogen-bond acceptors (Lipinski definition) is 3. The van der Waals surface area contributed by atoms with Gasteiger partial charge in [-0.1, -0.05) is 36.4 Å². The number of Topliss-reactive ketones (excluding diaryl/α,β-unsaturated/α-hetero) is 1. The summed E-state index contributed by atoms with van der Waals surface area (Å²) >= 11 is 0. The molecule has 2 rings (SSSR count). The van der Waals surface area contributed by atoms with Gasteiger partial charge in [0.2, 0.25) is 0 Å². The monoisotopic (exact) mass is 284 g/mol. The van der Waals surface area contributed by atoms with Crippen LogP contribution in [0.25, 0.3) is 0 Å². The van der Waals surface area contributed by atoms with Gasteiger partial charge in [-0.2, -0.15) is 0 Å². The number of aryl methyl sites for hydroxylation is 2. The van der Waals surface area contributed by atoms with E-state index in [1.807, 2.05) is 30.3 Å². The van der Waals surface area contributed by atoms with E-state index in [4.69, 9.17) is 4.74 Å². The molecule has 3 nitrogen and oxygen atoms in total. The van der Waals surface area contributed by atoms with Gasteiger partial charge in [-0.25, -0.2) is 0 Å². The molecule has 1 N–H and O–H groups in total. The van der Waals surface area contributed by atoms with Crippen LogP contribution in [-0.2, 0) is 17.6 Å². The molecule has 2 aromatic carbocycles. The zero-order valence-corrected chi connectivity index (χ0v) is 12.2. The minimum absolute atomic E-state index is 0.172. The van der Waals surface area contributed by atoms with Crippen molar-refractivity contribution >= 4 is 5.78 Å². The Balaban J connectivity index is 1.84. The van der Waals surface area contributed by atoms with Crippen LogP contribution in [0.15, 0.2) is 48.5 Å². The van der Waals surface area contributed by atoms with Gasteiger partial charge < -0.3 is 9.84 Å². The zero-order chi connectivity index (χ0) is 15.1. The molecule has 0 aliphatic carbocycles. The van der Waals surface area contributed by atoms with Crippen LogP contribution in [0.3, 0.4) is 0 Å². The van der Waals surface area contributed by atoms with E-state index < -0.39 is 0 Å². The third-order valence-electron chi connectivity index (χ3n) is 3.48. The molecule has 0 fully saturated rings. The number of phenolic OH excluding ortho intramolecular Hbond substituents is 1. The van der Waals surface area contributed by atoms with E-state index in [-0.39, 0.29) is 11.5 Å². The van der Waals surface area contributed by atoms with Gasteiger partial charge in [0, 0.05) is 18.9 Å². The summed E-state index contributed by atoms with van der Waals surface area (Å²) in [5, 5.41) is 9.41. The molecule has 0 aliphatic heterocycles. The molecule has 0 atom stereocenters. The number of ketones is 1. The Morgan fingerprint density at radius 1 is 1.05 bits per heavy atom. The highest BCUT2D eigenvalue weighted by molar-refractivity contribution is 5.79. The standard InChI is InChI=1S/C18H20O3/c1-21-18-13-17(20)12-9-15(18)8-11-16(19)10-7-14-5-3-2-4-6-14/h2-6,9,12-13,20H,7-8,10-11H2,1H3. The number of aromatic hydroxyl groups is 1. The molecule has 0 saturated heterocycles. The second-order valence-corrected chi connectivity index (χ2v) is 5.02. The molecule has 0 aliphatic rings. The van der Waals surface area contributed by atoms with Crippen molar-refractivity contribution in [1.82, 2.24) is 0 Å². The highest BCUT2D eigenvalue weighted by Gasteiger charge is 2.08. The minimum Gasteiger partial charge on any atom is -0.508 e. The van der Waals surface area contributed by atoms with Crippen LogP contribution in [-0.4, -0.2) is 18.0 Å². The molecule has 0 amide bonds. The number of rotatable bonds is 7. The van der Waals surface area contributed by atoms with E-state index in [2.05, 4.69) is 0 Å². The number of ether oxygens (including phenoxy) is 1. The summed E-state index contributed by atoms with van der Waals surface area (Å²) in [7, 11) is 1.56. The maximum absolute atomic E-state index is 12.0. The zero-order valence-electron chi connectivity index (χ0n) is 12.2. The van der Waals surface area contributed by atoms with Gasteiger partial charge in [-0.05, 0) is 30.0 Å². The summed E-state index contributed by atoms with van der Waals surface area (Å²) in [6, 6.07) is 15.0. The van der Waals surface area contributed by atoms with Crippen molar-refractivity contribution in [2.24, 2.45) is 0 Å². The number of methoxy groups -OCH3 is 1. The molecule has 0 radical (unpaired) electrons. The van der Waals surface area contributed by atoms with Crippen LogP contribution in [0.4, 0.5) is 0 Å². The summed E-state index contributed by atoms with van der Waals surface area (Å²) < 4.78 is 5.22. The van der Waals surface area contributed by atoms with Crippen molar-refractivity contribution in [3.8, 4) is 11.5 Å². The number of carbonyl (C=O) groups is 1. The highest BCUT2D eigenvalue weighted by atomic mass is 16.5. The second kappa shape index (κ2) is 7.48. The second-order valence-electron chi connectivity index (χ2n) is 5.02. The molecule has 0 unspecified atom stereocenters. The van der Waals surface area contributed by atoms with Gasteiger partial charge in [-0.3, -0.25) is 4.79 Å². The minimum atomic E-state index is 0.172. The molecule has 2 aromatic rings. The third kappa shape index (κ3) is 4.63. The van der Waals surface area contributed by atoms with Crippen molar-refractivity contribution in [2.75, 3.05) is 7.11 Å². The average molecular weight is 284 g/mol. The Morgan fingerprint density at radius 3 is 2.48 bits per heavy atom. The Labute approximate surface area is 125 Å². The van der Waals surface area contributed by atoms with E-state index >= 15 is 0 Å². The molecule has 3 heteroatoms. The Morgan fingerprint density at radius 2 is 1.76 bits per heavy atom. The van der Waals surface area contributed by atoms with Crippen molar-refractivity contribution in [1.29, 1.82) is 0 Å². The molecule has 0 saturated carbocycles. The van der Waals surface area contributed by atoms with Gasteiger partial charge >= 0.3 is 0 Å². The number of hydrogen-bond donors (Lipinski definition) is 1. The van der Waals surface area contributed by atoms with E-state index in [9.17, 15) is 9.90 Å². The molecule has 110 valence electrons. The molecule has 0 spiro atoms. The predicted octanol–water partition coefficient (Wildman–Crippen LogP) is 3.54. The lowest BCUT2D eigenvalue weighted by Gasteiger charge is -2.08. The lowest BCUT2D eigenvalue weighted by Crippen LogP contribution is -2.03. The van der Waals surface area contributed by atoms with Gasteiger partial charge in [0.25, 0.3) is 0 Å². The van der Waals surface area contributed by atoms with Crippen molar-refractivity contribution in [3.05, 3.63) is 59.7 Å². The SMILES string of the molecule is COc1cc(O)ccc1CCC(=O)CCc1ccccc1. The van der Waals surface area contributed by atoms with Crippen LogP contribution in [0.1, 0.15) is 24.0 Å². The van der Waals surface area contributed by atoms with Gasteiger partial charge in [0.15, 0.2) is 0 Å². The molecular weight excluding hydrogens is 264 g/mol. The number of benzene rings is 2. The fourth-order valence-electron chi connectivity index (χ4n) is 2.27. The number of carbonyl (C=O) groups excluding carboxylic acids is 1. The number of phenols is 1. The summed E-state index contributed by atoms with van der Waals surface area (Å²) in [4.78, 5) is 12.0. The van der Waals surface area contributed by atoms with E-state index in [1.54, 1.807) is 25.3 Å². The largest absolute Gasteiger partial charge is 0.508 e. The van der Waals surface area contributed by atoms with E-state index in [0.717, 1.165) is 12.0 Å². The van der Waals surface area contributed by atoms with Gasteiger partial charge in [-0.15, -0.1) is 0 Å². The van der Waals surface area contributed by atoms with Crippen LogP contribution in [0.5, 0.6) is 11.5 Å². The molecular formula is C18H20O3. The first-order valence-corrected chi connectivity index (χ1v) is 7.10. The lowest BCUT2D eigenvalue weighted by atomic mass is 10.0. The van der Waals surface area contributed by atoms with Gasteiger partial charge in [0.1, 0.15) is 17.3 Å². The summed E-state index contributed by atoms with van der Waals surface area (Å²) in [5.74, 6) is 1.05. The summed E-state index contributed by atoms with van der Waals surface area (Å²) in [5.41, 5.74) is 2.14. The summed E-state index contributed by atoms with van der Waals surface area (Å²) in [6.45, 7) is 0. The smallest absolute Gasteiger partial charge is 0.133 e. The van der Waals surface area contributed by atoms with Crippen LogP contribution >= 0.6 is 0 Å². The van der Waals surface area contributed by atoms with Crippen LogP contribution < -0.4 is 4.74 Å². The average Bonchev–Trinajstić information content (AvgIpc) is 2.52. The predicted molar refractivity (Wildman–Crippen MR) is 82.7 cm³/mol.